The summed E-state index contributed by atoms with van der Waals surface area (Å²) in [6, 6.07) is 5.19. The SMILES string of the molecule is CC1=NN(Cc2ccc(Cl)c(Cl)c2)c2nc3c(c(=O)n(C)c(=O)n3C)n2[C@H]1C. The number of rotatable bonds is 2. The zero-order valence-corrected chi connectivity index (χ0v) is 17.3. The molecule has 0 spiro atoms. The molecule has 1 aromatic carbocycles. The van der Waals surface area contributed by atoms with Gasteiger partial charge in [0.1, 0.15) is 0 Å². The van der Waals surface area contributed by atoms with Crippen LogP contribution in [0.15, 0.2) is 32.9 Å². The molecule has 3 aromatic rings. The van der Waals surface area contributed by atoms with Crippen LogP contribution < -0.4 is 16.3 Å². The van der Waals surface area contributed by atoms with Gasteiger partial charge in [0.2, 0.25) is 5.95 Å². The van der Waals surface area contributed by atoms with Gasteiger partial charge in [0.05, 0.1) is 28.3 Å². The second kappa shape index (κ2) is 6.49. The van der Waals surface area contributed by atoms with Gasteiger partial charge < -0.3 is 0 Å². The molecule has 28 heavy (non-hydrogen) atoms. The Kier molecular flexibility index (Phi) is 4.35. The summed E-state index contributed by atoms with van der Waals surface area (Å²) in [4.78, 5) is 29.7. The minimum atomic E-state index is -0.422. The Morgan fingerprint density at radius 3 is 2.50 bits per heavy atom. The topological polar surface area (TPSA) is 77.4 Å². The Bertz CT molecular complexity index is 1270. The minimum absolute atomic E-state index is 0.171. The Labute approximate surface area is 170 Å². The van der Waals surface area contributed by atoms with Gasteiger partial charge in [-0.1, -0.05) is 29.3 Å². The fraction of sp³-hybridized carbons (Fsp3) is 0.333. The van der Waals surface area contributed by atoms with Gasteiger partial charge >= 0.3 is 5.69 Å². The summed E-state index contributed by atoms with van der Waals surface area (Å²) >= 11 is 12.1. The third-order valence-electron chi connectivity index (χ3n) is 5.09. The van der Waals surface area contributed by atoms with Crippen molar-refractivity contribution in [2.24, 2.45) is 19.2 Å². The minimum Gasteiger partial charge on any atom is -0.294 e. The van der Waals surface area contributed by atoms with Crippen molar-refractivity contribution < 1.29 is 0 Å². The smallest absolute Gasteiger partial charge is 0.294 e. The average molecular weight is 421 g/mol. The maximum absolute atomic E-state index is 12.8. The lowest BCUT2D eigenvalue weighted by molar-refractivity contribution is 0.634. The van der Waals surface area contributed by atoms with Crippen molar-refractivity contribution in [2.45, 2.75) is 26.4 Å². The molecule has 0 fully saturated rings. The van der Waals surface area contributed by atoms with Crippen molar-refractivity contribution in [2.75, 3.05) is 5.01 Å². The predicted molar refractivity (Wildman–Crippen MR) is 111 cm³/mol. The number of halogens is 2. The number of benzene rings is 1. The summed E-state index contributed by atoms with van der Waals surface area (Å²) in [6.07, 6.45) is 0. The lowest BCUT2D eigenvalue weighted by Gasteiger charge is -2.29. The molecule has 0 aliphatic carbocycles. The first-order valence-electron chi connectivity index (χ1n) is 8.65. The molecular formula is C18H18Cl2N6O2. The largest absolute Gasteiger partial charge is 0.332 e. The van der Waals surface area contributed by atoms with Crippen LogP contribution in [-0.4, -0.2) is 24.4 Å². The van der Waals surface area contributed by atoms with E-state index in [1.54, 1.807) is 24.2 Å². The second-order valence-electron chi connectivity index (χ2n) is 6.88. The van der Waals surface area contributed by atoms with Crippen molar-refractivity contribution in [1.82, 2.24) is 18.7 Å². The van der Waals surface area contributed by atoms with Gasteiger partial charge in [-0.05, 0) is 31.5 Å². The fourth-order valence-corrected chi connectivity index (χ4v) is 3.70. The van der Waals surface area contributed by atoms with E-state index in [-0.39, 0.29) is 11.6 Å². The molecule has 4 rings (SSSR count). The van der Waals surface area contributed by atoms with Crippen LogP contribution in [0.3, 0.4) is 0 Å². The normalized spacial score (nSPS) is 16.4. The van der Waals surface area contributed by atoms with Crippen LogP contribution in [-0.2, 0) is 20.6 Å². The molecule has 0 unspecified atom stereocenters. The van der Waals surface area contributed by atoms with Crippen LogP contribution >= 0.6 is 23.2 Å². The number of hydrogen-bond acceptors (Lipinski definition) is 5. The van der Waals surface area contributed by atoms with Gasteiger partial charge in [-0.25, -0.2) is 9.80 Å². The highest BCUT2D eigenvalue weighted by atomic mass is 35.5. The number of imidazole rings is 1. The molecular weight excluding hydrogens is 403 g/mol. The number of nitrogens with zero attached hydrogens (tertiary/aromatic N) is 6. The van der Waals surface area contributed by atoms with E-state index in [0.717, 1.165) is 15.8 Å². The van der Waals surface area contributed by atoms with Crippen molar-refractivity contribution >= 4 is 46.0 Å². The summed E-state index contributed by atoms with van der Waals surface area (Å²) in [5.41, 5.74) is 1.62. The molecule has 0 amide bonds. The van der Waals surface area contributed by atoms with Crippen LogP contribution in [0.25, 0.3) is 11.2 Å². The van der Waals surface area contributed by atoms with E-state index in [1.807, 2.05) is 24.5 Å². The molecule has 0 N–H and O–H groups in total. The number of aryl methyl sites for hydroxylation is 1. The van der Waals surface area contributed by atoms with Crippen molar-refractivity contribution in [3.8, 4) is 0 Å². The summed E-state index contributed by atoms with van der Waals surface area (Å²) in [5, 5.41) is 7.28. The van der Waals surface area contributed by atoms with Crippen LogP contribution in [0.4, 0.5) is 5.95 Å². The predicted octanol–water partition coefficient (Wildman–Crippen LogP) is 2.70. The molecule has 10 heteroatoms. The first-order valence-corrected chi connectivity index (χ1v) is 9.40. The van der Waals surface area contributed by atoms with Gasteiger partial charge in [-0.3, -0.25) is 18.5 Å². The maximum Gasteiger partial charge on any atom is 0.332 e. The third kappa shape index (κ3) is 2.67. The van der Waals surface area contributed by atoms with E-state index in [4.69, 9.17) is 23.2 Å². The Hall–Kier alpha value is -2.58. The van der Waals surface area contributed by atoms with E-state index in [2.05, 4.69) is 10.1 Å². The summed E-state index contributed by atoms with van der Waals surface area (Å²) in [5.74, 6) is 0.498. The highest BCUT2D eigenvalue weighted by Gasteiger charge is 2.30. The fourth-order valence-electron chi connectivity index (χ4n) is 3.37. The molecule has 0 saturated heterocycles. The summed E-state index contributed by atoms with van der Waals surface area (Å²) in [6.45, 7) is 4.23. The summed E-state index contributed by atoms with van der Waals surface area (Å²) < 4.78 is 4.30. The summed E-state index contributed by atoms with van der Waals surface area (Å²) in [7, 11) is 3.07. The molecule has 0 bridgehead atoms. The highest BCUT2D eigenvalue weighted by Crippen LogP contribution is 2.31. The molecule has 8 nitrogen and oxygen atoms in total. The van der Waals surface area contributed by atoms with Crippen molar-refractivity contribution in [3.63, 3.8) is 0 Å². The molecule has 1 atom stereocenters. The first-order chi connectivity index (χ1) is 13.2. The average Bonchev–Trinajstić information content (AvgIpc) is 3.06. The van der Waals surface area contributed by atoms with Crippen LogP contribution in [0.5, 0.6) is 0 Å². The molecule has 1 aliphatic rings. The number of aromatic nitrogens is 4. The molecule has 3 heterocycles. The van der Waals surface area contributed by atoms with E-state index >= 15 is 0 Å². The van der Waals surface area contributed by atoms with Gasteiger partial charge in [-0.2, -0.15) is 10.1 Å². The lowest BCUT2D eigenvalue weighted by atomic mass is 10.2. The lowest BCUT2D eigenvalue weighted by Crippen LogP contribution is -2.38. The third-order valence-corrected chi connectivity index (χ3v) is 5.83. The zero-order valence-electron chi connectivity index (χ0n) is 15.8. The van der Waals surface area contributed by atoms with Crippen molar-refractivity contribution in [3.05, 3.63) is 54.6 Å². The standard InChI is InChI=1S/C18H18Cl2N6O2/c1-9-10(2)26-14-15(23(3)18(28)24(4)16(14)27)21-17(26)25(22-9)8-11-5-6-12(19)13(20)7-11/h5-7,10H,8H2,1-4H3/t10-/m0/s1. The Morgan fingerprint density at radius 2 is 1.82 bits per heavy atom. The first kappa shape index (κ1) is 18.8. The van der Waals surface area contributed by atoms with Gasteiger partial charge in [0.25, 0.3) is 5.56 Å². The van der Waals surface area contributed by atoms with E-state index in [1.165, 1.54) is 11.6 Å². The van der Waals surface area contributed by atoms with Crippen molar-refractivity contribution in [1.29, 1.82) is 0 Å². The Morgan fingerprint density at radius 1 is 1.11 bits per heavy atom. The quantitative estimate of drug-likeness (QED) is 0.638. The second-order valence-corrected chi connectivity index (χ2v) is 7.70. The van der Waals surface area contributed by atoms with Gasteiger partial charge in [-0.15, -0.1) is 0 Å². The maximum atomic E-state index is 12.8. The van der Waals surface area contributed by atoms with E-state index in [9.17, 15) is 9.59 Å². The van der Waals surface area contributed by atoms with E-state index in [0.29, 0.717) is 33.7 Å². The van der Waals surface area contributed by atoms with E-state index < -0.39 is 5.69 Å². The molecule has 0 radical (unpaired) electrons. The highest BCUT2D eigenvalue weighted by molar-refractivity contribution is 6.42. The van der Waals surface area contributed by atoms with Crippen LogP contribution in [0.1, 0.15) is 25.5 Å². The Balaban J connectivity index is 1.94. The van der Waals surface area contributed by atoms with Crippen LogP contribution in [0.2, 0.25) is 10.0 Å². The zero-order chi connectivity index (χ0) is 20.3. The van der Waals surface area contributed by atoms with Gasteiger partial charge in [0, 0.05) is 14.1 Å². The molecule has 146 valence electrons. The van der Waals surface area contributed by atoms with Gasteiger partial charge in [0.15, 0.2) is 11.2 Å². The number of hydrogen-bond donors (Lipinski definition) is 0. The molecule has 1 aliphatic heterocycles. The van der Waals surface area contributed by atoms with Crippen LogP contribution in [0, 0.1) is 0 Å². The molecule has 0 saturated carbocycles. The number of anilines is 1. The monoisotopic (exact) mass is 420 g/mol. The number of fused-ring (bicyclic) bond motifs is 3. The number of hydrazone groups is 1. The molecule has 2 aromatic heterocycles.